The van der Waals surface area contributed by atoms with Crippen molar-refractivity contribution in [3.63, 3.8) is 0 Å². The summed E-state index contributed by atoms with van der Waals surface area (Å²) >= 11 is 3.25. The minimum absolute atomic E-state index is 0.133. The van der Waals surface area contributed by atoms with Crippen LogP contribution in [0.4, 0.5) is 11.4 Å². The molecule has 3 N–H and O–H groups in total. The van der Waals surface area contributed by atoms with Crippen molar-refractivity contribution in [3.8, 4) is 0 Å². The van der Waals surface area contributed by atoms with E-state index in [9.17, 15) is 8.42 Å². The topological polar surface area (TPSA) is 72.2 Å². The predicted molar refractivity (Wildman–Crippen MR) is 89.8 cm³/mol. The molecule has 0 saturated heterocycles. The number of benzene rings is 2. The van der Waals surface area contributed by atoms with Gasteiger partial charge in [0.2, 0.25) is 0 Å². The molecular weight excluding hydrogens is 352 g/mol. The molecule has 0 spiro atoms. The Morgan fingerprint density at radius 2 is 1.90 bits per heavy atom. The van der Waals surface area contributed by atoms with Crippen molar-refractivity contribution >= 4 is 37.3 Å². The number of nitrogen functional groups attached to an aromatic ring is 1. The summed E-state index contributed by atoms with van der Waals surface area (Å²) in [5.41, 5.74) is 7.67. The van der Waals surface area contributed by atoms with Crippen molar-refractivity contribution in [2.75, 3.05) is 10.5 Å². The summed E-state index contributed by atoms with van der Waals surface area (Å²) in [4.78, 5) is 0.133. The van der Waals surface area contributed by atoms with Gasteiger partial charge in [-0.1, -0.05) is 31.5 Å². The van der Waals surface area contributed by atoms with Crippen molar-refractivity contribution in [3.05, 3.63) is 52.5 Å². The predicted octanol–water partition coefficient (Wildman–Crippen LogP) is 3.78. The van der Waals surface area contributed by atoms with Crippen LogP contribution in [0.5, 0.6) is 0 Å². The summed E-state index contributed by atoms with van der Waals surface area (Å²) in [6.45, 7) is 2.06. The minimum Gasteiger partial charge on any atom is -0.399 e. The van der Waals surface area contributed by atoms with Gasteiger partial charge in [0.25, 0.3) is 10.0 Å². The van der Waals surface area contributed by atoms with Crippen LogP contribution in [0.1, 0.15) is 18.9 Å². The normalized spacial score (nSPS) is 11.3. The minimum atomic E-state index is -3.68. The third-order valence-electron chi connectivity index (χ3n) is 3.03. The summed E-state index contributed by atoms with van der Waals surface area (Å²) < 4.78 is 28.2. The number of nitrogens with one attached hydrogen (secondary N) is 1. The first kappa shape index (κ1) is 15.9. The van der Waals surface area contributed by atoms with Crippen LogP contribution >= 0.6 is 15.9 Å². The van der Waals surface area contributed by atoms with E-state index in [0.29, 0.717) is 15.8 Å². The lowest BCUT2D eigenvalue weighted by Crippen LogP contribution is -2.15. The fourth-order valence-electron chi connectivity index (χ4n) is 2.03. The highest BCUT2D eigenvalue weighted by Gasteiger charge is 2.19. The molecule has 0 heterocycles. The quantitative estimate of drug-likeness (QED) is 0.788. The molecule has 0 fully saturated rings. The van der Waals surface area contributed by atoms with Gasteiger partial charge in [-0.2, -0.15) is 0 Å². The molecule has 0 aliphatic rings. The Labute approximate surface area is 133 Å². The first-order chi connectivity index (χ1) is 9.94. The van der Waals surface area contributed by atoms with E-state index in [1.807, 2.05) is 18.2 Å². The second-order valence-corrected chi connectivity index (χ2v) is 7.21. The van der Waals surface area contributed by atoms with Crippen LogP contribution in [0.25, 0.3) is 0 Å². The van der Waals surface area contributed by atoms with Gasteiger partial charge in [-0.25, -0.2) is 8.42 Å². The zero-order valence-electron chi connectivity index (χ0n) is 11.6. The molecule has 0 radical (unpaired) electrons. The number of hydrogen-bond donors (Lipinski definition) is 2. The van der Waals surface area contributed by atoms with Gasteiger partial charge < -0.3 is 5.73 Å². The molecule has 0 aliphatic heterocycles. The van der Waals surface area contributed by atoms with Crippen molar-refractivity contribution in [2.45, 2.75) is 24.7 Å². The van der Waals surface area contributed by atoms with Crippen LogP contribution in [-0.4, -0.2) is 8.42 Å². The van der Waals surface area contributed by atoms with Gasteiger partial charge in [-0.3, -0.25) is 4.72 Å². The molecular formula is C15H17BrN2O2S. The standard InChI is InChI=1S/C15H17BrN2O2S/c1-2-5-11-6-3-4-7-14(11)18-21(19,20)15-10-12(17)8-9-13(15)16/h3-4,6-10,18H,2,5,17H2,1H3. The fourth-order valence-corrected chi connectivity index (χ4v) is 4.13. The first-order valence-corrected chi connectivity index (χ1v) is 8.87. The highest BCUT2D eigenvalue weighted by molar-refractivity contribution is 9.10. The molecule has 112 valence electrons. The number of halogens is 1. The Hall–Kier alpha value is -1.53. The Morgan fingerprint density at radius 3 is 2.62 bits per heavy atom. The van der Waals surface area contributed by atoms with E-state index in [1.165, 1.54) is 6.07 Å². The van der Waals surface area contributed by atoms with Gasteiger partial charge in [0, 0.05) is 10.2 Å². The average molecular weight is 369 g/mol. The molecule has 0 bridgehead atoms. The van der Waals surface area contributed by atoms with Crippen LogP contribution in [0.2, 0.25) is 0 Å². The highest BCUT2D eigenvalue weighted by atomic mass is 79.9. The second kappa shape index (κ2) is 6.49. The molecule has 6 heteroatoms. The monoisotopic (exact) mass is 368 g/mol. The number of sulfonamides is 1. The van der Waals surface area contributed by atoms with Gasteiger partial charge in [-0.15, -0.1) is 0 Å². The number of aryl methyl sites for hydroxylation is 1. The smallest absolute Gasteiger partial charge is 0.263 e. The molecule has 21 heavy (non-hydrogen) atoms. The van der Waals surface area contributed by atoms with Gasteiger partial charge in [0.1, 0.15) is 4.90 Å². The summed E-state index contributed by atoms with van der Waals surface area (Å²) in [6.07, 6.45) is 1.76. The van der Waals surface area contributed by atoms with E-state index in [-0.39, 0.29) is 4.90 Å². The lowest BCUT2D eigenvalue weighted by atomic mass is 10.1. The third-order valence-corrected chi connectivity index (χ3v) is 5.39. The Kier molecular flexibility index (Phi) is 4.90. The molecule has 2 aromatic carbocycles. The van der Waals surface area contributed by atoms with Crippen LogP contribution in [-0.2, 0) is 16.4 Å². The SMILES string of the molecule is CCCc1ccccc1NS(=O)(=O)c1cc(N)ccc1Br. The summed E-state index contributed by atoms with van der Waals surface area (Å²) in [7, 11) is -3.68. The van der Waals surface area contributed by atoms with Crippen LogP contribution in [0.3, 0.4) is 0 Å². The van der Waals surface area contributed by atoms with Gasteiger partial charge >= 0.3 is 0 Å². The number of nitrogens with two attached hydrogens (primary N) is 1. The van der Waals surface area contributed by atoms with Gasteiger partial charge in [-0.05, 0) is 52.2 Å². The van der Waals surface area contributed by atoms with Crippen molar-refractivity contribution < 1.29 is 8.42 Å². The summed E-state index contributed by atoms with van der Waals surface area (Å²) in [6, 6.07) is 12.1. The number of anilines is 2. The van der Waals surface area contributed by atoms with E-state index < -0.39 is 10.0 Å². The van der Waals surface area contributed by atoms with E-state index in [0.717, 1.165) is 18.4 Å². The first-order valence-electron chi connectivity index (χ1n) is 6.60. The molecule has 2 aromatic rings. The second-order valence-electron chi connectivity index (χ2n) is 4.70. The molecule has 0 saturated carbocycles. The fraction of sp³-hybridized carbons (Fsp3) is 0.200. The maximum atomic E-state index is 12.5. The van der Waals surface area contributed by atoms with E-state index in [1.54, 1.807) is 18.2 Å². The summed E-state index contributed by atoms with van der Waals surface area (Å²) in [5, 5.41) is 0. The van der Waals surface area contributed by atoms with Gasteiger partial charge in [0.15, 0.2) is 0 Å². The van der Waals surface area contributed by atoms with Crippen molar-refractivity contribution in [1.29, 1.82) is 0 Å². The molecule has 2 rings (SSSR count). The Morgan fingerprint density at radius 1 is 1.19 bits per heavy atom. The number of hydrogen-bond acceptors (Lipinski definition) is 3. The Balaban J connectivity index is 2.40. The lowest BCUT2D eigenvalue weighted by Gasteiger charge is -2.13. The maximum absolute atomic E-state index is 12.5. The van der Waals surface area contributed by atoms with Gasteiger partial charge in [0.05, 0.1) is 5.69 Å². The van der Waals surface area contributed by atoms with E-state index >= 15 is 0 Å². The maximum Gasteiger partial charge on any atom is 0.263 e. The zero-order valence-corrected chi connectivity index (χ0v) is 14.0. The van der Waals surface area contributed by atoms with E-state index in [2.05, 4.69) is 27.6 Å². The largest absolute Gasteiger partial charge is 0.399 e. The highest BCUT2D eigenvalue weighted by Crippen LogP contribution is 2.27. The van der Waals surface area contributed by atoms with E-state index in [4.69, 9.17) is 5.73 Å². The Bertz CT molecular complexity index is 745. The summed E-state index contributed by atoms with van der Waals surface area (Å²) in [5.74, 6) is 0. The molecule has 4 nitrogen and oxygen atoms in total. The lowest BCUT2D eigenvalue weighted by molar-refractivity contribution is 0.600. The molecule has 0 amide bonds. The number of rotatable bonds is 5. The van der Waals surface area contributed by atoms with Crippen molar-refractivity contribution in [2.24, 2.45) is 0 Å². The zero-order chi connectivity index (χ0) is 15.5. The average Bonchev–Trinajstić information content (AvgIpc) is 2.43. The molecule has 0 aromatic heterocycles. The third kappa shape index (κ3) is 3.77. The van der Waals surface area contributed by atoms with Crippen LogP contribution in [0, 0.1) is 0 Å². The molecule has 0 atom stereocenters. The number of para-hydroxylation sites is 1. The van der Waals surface area contributed by atoms with Crippen LogP contribution in [0.15, 0.2) is 51.8 Å². The molecule has 0 unspecified atom stereocenters. The molecule has 0 aliphatic carbocycles. The van der Waals surface area contributed by atoms with Crippen molar-refractivity contribution in [1.82, 2.24) is 0 Å². The van der Waals surface area contributed by atoms with Crippen LogP contribution < -0.4 is 10.5 Å².